The van der Waals surface area contributed by atoms with Gasteiger partial charge in [-0.3, -0.25) is 4.79 Å². The van der Waals surface area contributed by atoms with Gasteiger partial charge in [0.15, 0.2) is 11.5 Å². The van der Waals surface area contributed by atoms with Gasteiger partial charge in [-0.25, -0.2) is 4.79 Å². The highest BCUT2D eigenvalue weighted by atomic mass is 16.5. The van der Waals surface area contributed by atoms with E-state index in [-0.39, 0.29) is 18.6 Å². The van der Waals surface area contributed by atoms with E-state index < -0.39 is 5.97 Å². The lowest BCUT2D eigenvalue weighted by Crippen LogP contribution is -2.42. The van der Waals surface area contributed by atoms with Gasteiger partial charge < -0.3 is 28.6 Å². The Morgan fingerprint density at radius 1 is 0.833 bits per heavy atom. The Labute approximate surface area is 210 Å². The number of hydrogen-bond donors (Lipinski definition) is 0. The summed E-state index contributed by atoms with van der Waals surface area (Å²) < 4.78 is 27.2. The highest BCUT2D eigenvalue weighted by molar-refractivity contribution is 5.95. The first-order valence-corrected chi connectivity index (χ1v) is 11.5. The summed E-state index contributed by atoms with van der Waals surface area (Å²) in [6, 6.07) is 17.3. The van der Waals surface area contributed by atoms with Crippen molar-refractivity contribution in [2.24, 2.45) is 0 Å². The van der Waals surface area contributed by atoms with Crippen molar-refractivity contribution in [1.82, 2.24) is 4.90 Å². The van der Waals surface area contributed by atoms with Crippen molar-refractivity contribution in [1.29, 1.82) is 0 Å². The zero-order chi connectivity index (χ0) is 25.7. The van der Waals surface area contributed by atoms with Crippen LogP contribution in [0.25, 0.3) is 0 Å². The number of ether oxygens (including phenoxy) is 5. The molecular formula is C28H29NO7. The lowest BCUT2D eigenvalue weighted by Gasteiger charge is -2.37. The average molecular weight is 492 g/mol. The van der Waals surface area contributed by atoms with Crippen LogP contribution in [0.1, 0.15) is 37.9 Å². The molecule has 0 aromatic heterocycles. The van der Waals surface area contributed by atoms with Crippen LogP contribution >= 0.6 is 0 Å². The molecule has 8 nitrogen and oxygen atoms in total. The maximum atomic E-state index is 13.6. The van der Waals surface area contributed by atoms with E-state index >= 15 is 0 Å². The standard InChI is InChI=1S/C28H29NO7/c1-32-22-7-5-6-20(14-22)27(30)29-13-12-19-15-25(33-2)26(34-3)16-23(19)24(29)17-36-21-10-8-18(9-11-21)28(31)35-4/h5-11,14-16,24H,12-13,17H2,1-4H3. The maximum absolute atomic E-state index is 13.6. The van der Waals surface area contributed by atoms with E-state index in [4.69, 9.17) is 23.7 Å². The van der Waals surface area contributed by atoms with Crippen LogP contribution in [0.5, 0.6) is 23.0 Å². The van der Waals surface area contributed by atoms with E-state index in [1.807, 2.05) is 17.0 Å². The van der Waals surface area contributed by atoms with Gasteiger partial charge in [-0.1, -0.05) is 6.07 Å². The third-order valence-corrected chi connectivity index (χ3v) is 6.26. The van der Waals surface area contributed by atoms with Crippen molar-refractivity contribution in [3.63, 3.8) is 0 Å². The quantitative estimate of drug-likeness (QED) is 0.434. The lowest BCUT2D eigenvalue weighted by atomic mass is 9.91. The number of methoxy groups -OCH3 is 4. The molecule has 0 spiro atoms. The molecule has 1 heterocycles. The summed E-state index contributed by atoms with van der Waals surface area (Å²) in [4.78, 5) is 27.2. The number of amides is 1. The molecule has 3 aromatic rings. The van der Waals surface area contributed by atoms with Crippen LogP contribution in [0.2, 0.25) is 0 Å². The van der Waals surface area contributed by atoms with Gasteiger partial charge in [0.2, 0.25) is 0 Å². The molecule has 3 aromatic carbocycles. The summed E-state index contributed by atoms with van der Waals surface area (Å²) in [5.74, 6) is 1.87. The van der Waals surface area contributed by atoms with Crippen molar-refractivity contribution in [2.45, 2.75) is 12.5 Å². The molecular weight excluding hydrogens is 462 g/mol. The van der Waals surface area contributed by atoms with E-state index in [2.05, 4.69) is 0 Å². The van der Waals surface area contributed by atoms with Crippen molar-refractivity contribution < 1.29 is 33.3 Å². The second-order valence-corrected chi connectivity index (χ2v) is 8.23. The number of carbonyl (C=O) groups is 2. The Morgan fingerprint density at radius 2 is 1.56 bits per heavy atom. The van der Waals surface area contributed by atoms with Gasteiger partial charge in [0.25, 0.3) is 5.91 Å². The first kappa shape index (κ1) is 24.9. The van der Waals surface area contributed by atoms with Crippen molar-refractivity contribution >= 4 is 11.9 Å². The highest BCUT2D eigenvalue weighted by Crippen LogP contribution is 2.39. The zero-order valence-electron chi connectivity index (χ0n) is 20.8. The van der Waals surface area contributed by atoms with E-state index in [1.54, 1.807) is 69.9 Å². The predicted octanol–water partition coefficient (Wildman–Crippen LogP) is 4.32. The van der Waals surface area contributed by atoms with Crippen LogP contribution in [-0.4, -0.2) is 58.4 Å². The molecule has 1 aliphatic rings. The normalized spacial score (nSPS) is 14.4. The molecule has 1 aliphatic heterocycles. The lowest BCUT2D eigenvalue weighted by molar-refractivity contribution is 0.0582. The van der Waals surface area contributed by atoms with Gasteiger partial charge in [0.1, 0.15) is 18.1 Å². The Hall–Kier alpha value is -4.20. The highest BCUT2D eigenvalue weighted by Gasteiger charge is 2.33. The number of benzene rings is 3. The van der Waals surface area contributed by atoms with E-state index in [1.165, 1.54) is 7.11 Å². The topological polar surface area (TPSA) is 83.5 Å². The second-order valence-electron chi connectivity index (χ2n) is 8.23. The van der Waals surface area contributed by atoms with Crippen LogP contribution < -0.4 is 18.9 Å². The molecule has 1 amide bonds. The van der Waals surface area contributed by atoms with Crippen molar-refractivity contribution in [3.8, 4) is 23.0 Å². The fraction of sp³-hybridized carbons (Fsp3) is 0.286. The minimum atomic E-state index is -0.418. The molecule has 0 bridgehead atoms. The first-order chi connectivity index (χ1) is 17.5. The van der Waals surface area contributed by atoms with Gasteiger partial charge in [0, 0.05) is 12.1 Å². The molecule has 0 fully saturated rings. The summed E-state index contributed by atoms with van der Waals surface area (Å²) in [5.41, 5.74) is 2.96. The summed E-state index contributed by atoms with van der Waals surface area (Å²) in [6.07, 6.45) is 0.662. The number of fused-ring (bicyclic) bond motifs is 1. The van der Waals surface area contributed by atoms with Gasteiger partial charge in [-0.15, -0.1) is 0 Å². The molecule has 0 saturated heterocycles. The van der Waals surface area contributed by atoms with Gasteiger partial charge in [0.05, 0.1) is 40.0 Å². The van der Waals surface area contributed by atoms with Crippen LogP contribution in [-0.2, 0) is 11.2 Å². The minimum Gasteiger partial charge on any atom is -0.497 e. The molecule has 0 N–H and O–H groups in total. The first-order valence-electron chi connectivity index (χ1n) is 11.5. The Balaban J connectivity index is 1.67. The number of hydrogen-bond acceptors (Lipinski definition) is 7. The summed E-state index contributed by atoms with van der Waals surface area (Å²) in [5, 5.41) is 0. The average Bonchev–Trinajstić information content (AvgIpc) is 2.94. The number of carbonyl (C=O) groups excluding carboxylic acids is 2. The van der Waals surface area contributed by atoms with E-state index in [0.717, 1.165) is 11.1 Å². The van der Waals surface area contributed by atoms with Gasteiger partial charge in [-0.2, -0.15) is 0 Å². The summed E-state index contributed by atoms with van der Waals surface area (Å²) in [7, 11) is 6.10. The number of rotatable bonds is 8. The minimum absolute atomic E-state index is 0.121. The molecule has 1 atom stereocenters. The largest absolute Gasteiger partial charge is 0.497 e. The van der Waals surface area contributed by atoms with E-state index in [0.29, 0.717) is 47.1 Å². The van der Waals surface area contributed by atoms with Crippen LogP contribution in [0.15, 0.2) is 60.7 Å². The molecule has 1 unspecified atom stereocenters. The molecule has 0 radical (unpaired) electrons. The van der Waals surface area contributed by atoms with Crippen LogP contribution in [0.4, 0.5) is 0 Å². The third kappa shape index (κ3) is 5.07. The number of nitrogens with zero attached hydrogens (tertiary/aromatic N) is 1. The molecule has 36 heavy (non-hydrogen) atoms. The Kier molecular flexibility index (Phi) is 7.63. The van der Waals surface area contributed by atoms with Crippen LogP contribution in [0, 0.1) is 0 Å². The monoisotopic (exact) mass is 491 g/mol. The smallest absolute Gasteiger partial charge is 0.337 e. The predicted molar refractivity (Wildman–Crippen MR) is 133 cm³/mol. The van der Waals surface area contributed by atoms with Crippen molar-refractivity contribution in [3.05, 3.63) is 82.9 Å². The molecule has 4 rings (SSSR count). The second kappa shape index (κ2) is 11.0. The zero-order valence-corrected chi connectivity index (χ0v) is 20.8. The molecule has 8 heteroatoms. The molecule has 188 valence electrons. The maximum Gasteiger partial charge on any atom is 0.337 e. The third-order valence-electron chi connectivity index (χ3n) is 6.26. The van der Waals surface area contributed by atoms with Gasteiger partial charge in [-0.05, 0) is 72.1 Å². The van der Waals surface area contributed by atoms with Crippen LogP contribution in [0.3, 0.4) is 0 Å². The van der Waals surface area contributed by atoms with E-state index in [9.17, 15) is 9.59 Å². The fourth-order valence-corrected chi connectivity index (χ4v) is 4.35. The summed E-state index contributed by atoms with van der Waals surface area (Å²) in [6.45, 7) is 0.712. The van der Waals surface area contributed by atoms with Gasteiger partial charge >= 0.3 is 5.97 Å². The fourth-order valence-electron chi connectivity index (χ4n) is 4.35. The molecule has 0 saturated carbocycles. The number of esters is 1. The Morgan fingerprint density at radius 3 is 2.22 bits per heavy atom. The Bertz CT molecular complexity index is 1240. The molecule has 0 aliphatic carbocycles. The summed E-state index contributed by atoms with van der Waals surface area (Å²) >= 11 is 0. The SMILES string of the molecule is COC(=O)c1ccc(OCC2c3cc(OC)c(OC)cc3CCN2C(=O)c2cccc(OC)c2)cc1. The van der Waals surface area contributed by atoms with Crippen molar-refractivity contribution in [2.75, 3.05) is 41.6 Å².